The monoisotopic (exact) mass is 276 g/mol. The fraction of sp³-hybridized carbons (Fsp3) is 0.333. The first-order valence-electron chi connectivity index (χ1n) is 5.22. The van der Waals surface area contributed by atoms with Gasteiger partial charge in [-0.15, -0.1) is 0 Å². The topological polar surface area (TPSA) is 49.8 Å². The van der Waals surface area contributed by atoms with Crippen LogP contribution in [0.3, 0.4) is 0 Å². The van der Waals surface area contributed by atoms with Crippen LogP contribution in [-0.2, 0) is 5.41 Å². The summed E-state index contributed by atoms with van der Waals surface area (Å²) in [6.45, 7) is 0. The highest BCUT2D eigenvalue weighted by Gasteiger charge is 2.43. The number of nitriles is 1. The van der Waals surface area contributed by atoms with E-state index in [0.717, 1.165) is 40.4 Å². The molecule has 0 unspecified atom stereocenters. The Hall–Kier alpha value is -1.34. The average molecular weight is 277 g/mol. The number of hydrogen-bond donors (Lipinski definition) is 0. The Kier molecular flexibility index (Phi) is 2.05. The van der Waals surface area contributed by atoms with Crippen molar-refractivity contribution >= 4 is 26.8 Å². The Morgan fingerprint density at radius 3 is 2.88 bits per heavy atom. The molecule has 1 fully saturated rings. The van der Waals surface area contributed by atoms with Gasteiger partial charge in [0.2, 0.25) is 0 Å². The predicted molar refractivity (Wildman–Crippen MR) is 62.9 cm³/mol. The molecule has 0 amide bonds. The Bertz CT molecular complexity index is 593. The molecular formula is C12H9BrN2O. The summed E-state index contributed by atoms with van der Waals surface area (Å²) in [6.07, 6.45) is 2.85. The van der Waals surface area contributed by atoms with Crippen LogP contribution in [0.15, 0.2) is 27.2 Å². The lowest BCUT2D eigenvalue weighted by Crippen LogP contribution is -2.31. The molecule has 1 aromatic carbocycles. The van der Waals surface area contributed by atoms with Crippen LogP contribution < -0.4 is 0 Å². The van der Waals surface area contributed by atoms with Gasteiger partial charge in [-0.1, -0.05) is 21.1 Å². The minimum absolute atomic E-state index is 0.428. The van der Waals surface area contributed by atoms with Crippen molar-refractivity contribution in [1.29, 1.82) is 5.26 Å². The highest BCUT2D eigenvalue weighted by atomic mass is 79.9. The van der Waals surface area contributed by atoms with Gasteiger partial charge < -0.3 is 4.52 Å². The highest BCUT2D eigenvalue weighted by Crippen LogP contribution is 2.45. The summed E-state index contributed by atoms with van der Waals surface area (Å²) in [7, 11) is 0. The smallest absolute Gasteiger partial charge is 0.164 e. The predicted octanol–water partition coefficient (Wildman–Crippen LogP) is 3.54. The minimum Gasteiger partial charge on any atom is -0.358 e. The largest absolute Gasteiger partial charge is 0.358 e. The molecule has 0 spiro atoms. The molecule has 0 N–H and O–H groups in total. The summed E-state index contributed by atoms with van der Waals surface area (Å²) >= 11 is 3.39. The van der Waals surface area contributed by atoms with Crippen molar-refractivity contribution in [2.75, 3.05) is 0 Å². The molecule has 1 aromatic heterocycles. The number of benzene rings is 1. The van der Waals surface area contributed by atoms with E-state index in [4.69, 9.17) is 4.52 Å². The lowest BCUT2D eigenvalue weighted by molar-refractivity contribution is 0.244. The molecule has 0 aliphatic heterocycles. The van der Waals surface area contributed by atoms with Crippen molar-refractivity contribution in [3.8, 4) is 6.07 Å². The van der Waals surface area contributed by atoms with E-state index in [9.17, 15) is 5.26 Å². The highest BCUT2D eigenvalue weighted by molar-refractivity contribution is 9.10. The summed E-state index contributed by atoms with van der Waals surface area (Å²) in [5, 5.41) is 14.3. The second-order valence-corrected chi connectivity index (χ2v) is 5.14. The van der Waals surface area contributed by atoms with Gasteiger partial charge in [-0.3, -0.25) is 0 Å². The molecule has 80 valence electrons. The Morgan fingerprint density at radius 1 is 1.44 bits per heavy atom. The van der Waals surface area contributed by atoms with Crippen LogP contribution in [0, 0.1) is 11.3 Å². The molecule has 3 rings (SSSR count). The average Bonchev–Trinajstić information content (AvgIpc) is 2.61. The third-order valence-corrected chi connectivity index (χ3v) is 3.79. The molecule has 1 aliphatic rings. The fourth-order valence-corrected chi connectivity index (χ4v) is 2.53. The van der Waals surface area contributed by atoms with Gasteiger partial charge in [-0.05, 0) is 37.5 Å². The maximum Gasteiger partial charge on any atom is 0.164 e. The van der Waals surface area contributed by atoms with Crippen molar-refractivity contribution in [2.45, 2.75) is 24.7 Å². The van der Waals surface area contributed by atoms with Crippen LogP contribution in [0.1, 0.15) is 25.0 Å². The molecule has 4 heteroatoms. The lowest BCUT2D eigenvalue weighted by atomic mass is 9.67. The van der Waals surface area contributed by atoms with Crippen LogP contribution in [0.2, 0.25) is 0 Å². The number of fused-ring (bicyclic) bond motifs is 1. The first-order chi connectivity index (χ1) is 7.75. The van der Waals surface area contributed by atoms with Crippen molar-refractivity contribution in [3.05, 3.63) is 28.4 Å². The summed E-state index contributed by atoms with van der Waals surface area (Å²) in [4.78, 5) is 0. The van der Waals surface area contributed by atoms with Gasteiger partial charge in [0.15, 0.2) is 5.76 Å². The maximum absolute atomic E-state index is 9.28. The molecule has 2 aromatic rings. The molecule has 1 aliphatic carbocycles. The summed E-state index contributed by atoms with van der Waals surface area (Å²) in [5.74, 6) is 0.740. The van der Waals surface area contributed by atoms with Crippen molar-refractivity contribution in [3.63, 3.8) is 0 Å². The van der Waals surface area contributed by atoms with Crippen molar-refractivity contribution in [1.82, 2.24) is 5.16 Å². The van der Waals surface area contributed by atoms with E-state index in [0.29, 0.717) is 0 Å². The van der Waals surface area contributed by atoms with Crippen molar-refractivity contribution in [2.24, 2.45) is 0 Å². The first kappa shape index (κ1) is 9.86. The summed E-state index contributed by atoms with van der Waals surface area (Å²) in [6, 6.07) is 8.20. The number of rotatable bonds is 1. The standard InChI is InChI=1S/C12H9BrN2O/c13-8-2-3-9-10(6-8)15-16-11(9)12(7-14)4-1-5-12/h2-3,6H,1,4-5H2. The van der Waals surface area contributed by atoms with Crippen LogP contribution >= 0.6 is 15.9 Å². The Labute approximate surface area is 101 Å². The van der Waals surface area contributed by atoms with Crippen LogP contribution in [0.5, 0.6) is 0 Å². The zero-order valence-electron chi connectivity index (χ0n) is 8.53. The minimum atomic E-state index is -0.428. The number of hydrogen-bond acceptors (Lipinski definition) is 3. The molecule has 0 bridgehead atoms. The third kappa shape index (κ3) is 1.21. The molecule has 1 heterocycles. The van der Waals surface area contributed by atoms with E-state index < -0.39 is 5.41 Å². The second-order valence-electron chi connectivity index (χ2n) is 4.22. The Balaban J connectivity index is 2.22. The normalized spacial score (nSPS) is 18.0. The third-order valence-electron chi connectivity index (χ3n) is 3.30. The zero-order chi connectivity index (χ0) is 11.2. The van der Waals surface area contributed by atoms with Gasteiger partial charge in [0, 0.05) is 9.86 Å². The van der Waals surface area contributed by atoms with E-state index in [1.165, 1.54) is 0 Å². The van der Waals surface area contributed by atoms with Crippen LogP contribution in [0.4, 0.5) is 0 Å². The summed E-state index contributed by atoms with van der Waals surface area (Å²) in [5.41, 5.74) is 0.383. The first-order valence-corrected chi connectivity index (χ1v) is 6.01. The molecule has 0 atom stereocenters. The molecule has 1 saturated carbocycles. The number of nitrogens with zero attached hydrogens (tertiary/aromatic N) is 2. The second kappa shape index (κ2) is 3.33. The Morgan fingerprint density at radius 2 is 2.25 bits per heavy atom. The van der Waals surface area contributed by atoms with Gasteiger partial charge in [-0.2, -0.15) is 5.26 Å². The van der Waals surface area contributed by atoms with Gasteiger partial charge >= 0.3 is 0 Å². The van der Waals surface area contributed by atoms with Crippen molar-refractivity contribution < 1.29 is 4.52 Å². The van der Waals surface area contributed by atoms with Crippen LogP contribution in [-0.4, -0.2) is 5.16 Å². The maximum atomic E-state index is 9.28. The lowest BCUT2D eigenvalue weighted by Gasteiger charge is -2.32. The van der Waals surface area contributed by atoms with Gasteiger partial charge in [-0.25, -0.2) is 0 Å². The van der Waals surface area contributed by atoms with Gasteiger partial charge in [0.05, 0.1) is 6.07 Å². The van der Waals surface area contributed by atoms with E-state index in [2.05, 4.69) is 27.2 Å². The zero-order valence-corrected chi connectivity index (χ0v) is 10.1. The van der Waals surface area contributed by atoms with Gasteiger partial charge in [0.25, 0.3) is 0 Å². The quantitative estimate of drug-likeness (QED) is 0.801. The van der Waals surface area contributed by atoms with E-state index in [1.807, 2.05) is 18.2 Å². The fourth-order valence-electron chi connectivity index (χ4n) is 2.18. The SMILES string of the molecule is N#CC1(c2onc3cc(Br)ccc23)CCC1. The molecule has 0 radical (unpaired) electrons. The van der Waals surface area contributed by atoms with E-state index >= 15 is 0 Å². The van der Waals surface area contributed by atoms with E-state index in [1.54, 1.807) is 0 Å². The molecule has 16 heavy (non-hydrogen) atoms. The van der Waals surface area contributed by atoms with Gasteiger partial charge in [0.1, 0.15) is 10.9 Å². The number of halogens is 1. The van der Waals surface area contributed by atoms with E-state index in [-0.39, 0.29) is 0 Å². The summed E-state index contributed by atoms with van der Waals surface area (Å²) < 4.78 is 6.35. The molecule has 0 saturated heterocycles. The van der Waals surface area contributed by atoms with Crippen LogP contribution in [0.25, 0.3) is 10.9 Å². The molecular weight excluding hydrogens is 268 g/mol. The number of aromatic nitrogens is 1. The molecule has 3 nitrogen and oxygen atoms in total.